The summed E-state index contributed by atoms with van der Waals surface area (Å²) in [6, 6.07) is 11.6. The molecule has 7 heteroatoms. The molecule has 1 aromatic heterocycles. The average molecular weight is 487 g/mol. The molecule has 0 fully saturated rings. The molecule has 2 N–H and O–H groups in total. The van der Waals surface area contributed by atoms with Gasteiger partial charge in [-0.2, -0.15) is 0 Å². The molecule has 0 saturated heterocycles. The molecule has 0 aliphatic carbocycles. The molecule has 0 bridgehead atoms. The van der Waals surface area contributed by atoms with Crippen molar-refractivity contribution in [2.45, 2.75) is 25.8 Å². The van der Waals surface area contributed by atoms with Crippen molar-refractivity contribution >= 4 is 47.2 Å². The summed E-state index contributed by atoms with van der Waals surface area (Å²) < 4.78 is 4.70. The van der Waals surface area contributed by atoms with Crippen molar-refractivity contribution in [3.8, 4) is 0 Å². The third kappa shape index (κ3) is 6.28. The SMILES string of the molecule is CN=C(NCc1ccc(C(=O)OC)cc1)NCC(C)(C)c1cccs1.I. The lowest BCUT2D eigenvalue weighted by Gasteiger charge is -2.25. The van der Waals surface area contributed by atoms with Gasteiger partial charge < -0.3 is 15.4 Å². The highest BCUT2D eigenvalue weighted by molar-refractivity contribution is 14.0. The van der Waals surface area contributed by atoms with E-state index in [2.05, 4.69) is 47.0 Å². The molecular weight excluding hydrogens is 461 g/mol. The van der Waals surface area contributed by atoms with Crippen LogP contribution in [0, 0.1) is 0 Å². The number of rotatable bonds is 6. The molecule has 1 aromatic carbocycles. The quantitative estimate of drug-likeness (QED) is 0.282. The second kappa shape index (κ2) is 10.5. The third-order valence-electron chi connectivity index (χ3n) is 3.94. The van der Waals surface area contributed by atoms with Gasteiger partial charge in [0.25, 0.3) is 0 Å². The molecule has 142 valence electrons. The normalized spacial score (nSPS) is 11.5. The maximum Gasteiger partial charge on any atom is 0.337 e. The van der Waals surface area contributed by atoms with Crippen LogP contribution in [0.2, 0.25) is 0 Å². The van der Waals surface area contributed by atoms with Crippen LogP contribution in [0.25, 0.3) is 0 Å². The summed E-state index contributed by atoms with van der Waals surface area (Å²) in [6.07, 6.45) is 0. The predicted molar refractivity (Wildman–Crippen MR) is 119 cm³/mol. The molecule has 26 heavy (non-hydrogen) atoms. The lowest BCUT2D eigenvalue weighted by atomic mass is 9.91. The largest absolute Gasteiger partial charge is 0.465 e. The fraction of sp³-hybridized carbons (Fsp3) is 0.368. The van der Waals surface area contributed by atoms with Crippen LogP contribution in [0.4, 0.5) is 0 Å². The van der Waals surface area contributed by atoms with Gasteiger partial charge in [-0.3, -0.25) is 4.99 Å². The topological polar surface area (TPSA) is 62.7 Å². The molecule has 2 aromatic rings. The summed E-state index contributed by atoms with van der Waals surface area (Å²) >= 11 is 1.77. The van der Waals surface area contributed by atoms with Crippen molar-refractivity contribution < 1.29 is 9.53 Å². The van der Waals surface area contributed by atoms with Gasteiger partial charge >= 0.3 is 5.97 Å². The summed E-state index contributed by atoms with van der Waals surface area (Å²) in [4.78, 5) is 17.1. The van der Waals surface area contributed by atoms with Crippen LogP contribution in [0.3, 0.4) is 0 Å². The number of aliphatic imine (C=N–C) groups is 1. The van der Waals surface area contributed by atoms with Crippen molar-refractivity contribution in [2.75, 3.05) is 20.7 Å². The highest BCUT2D eigenvalue weighted by atomic mass is 127. The fourth-order valence-corrected chi connectivity index (χ4v) is 3.19. The Morgan fingerprint density at radius 3 is 2.42 bits per heavy atom. The fourth-order valence-electron chi connectivity index (χ4n) is 2.34. The first-order chi connectivity index (χ1) is 12.0. The predicted octanol–water partition coefficient (Wildman–Crippen LogP) is 3.80. The molecule has 0 saturated carbocycles. The van der Waals surface area contributed by atoms with Crippen LogP contribution < -0.4 is 10.6 Å². The van der Waals surface area contributed by atoms with Crippen molar-refractivity contribution in [3.05, 3.63) is 57.8 Å². The van der Waals surface area contributed by atoms with Crippen molar-refractivity contribution in [1.82, 2.24) is 10.6 Å². The number of carbonyl (C=O) groups excluding carboxylic acids is 1. The zero-order chi connectivity index (χ0) is 18.3. The summed E-state index contributed by atoms with van der Waals surface area (Å²) in [5, 5.41) is 8.77. The molecule has 0 radical (unpaired) electrons. The lowest BCUT2D eigenvalue weighted by molar-refractivity contribution is 0.0600. The number of ether oxygens (including phenoxy) is 1. The van der Waals surface area contributed by atoms with Gasteiger partial charge in [-0.05, 0) is 29.1 Å². The molecule has 0 atom stereocenters. The molecule has 0 spiro atoms. The van der Waals surface area contributed by atoms with Gasteiger partial charge in [0, 0.05) is 30.4 Å². The monoisotopic (exact) mass is 487 g/mol. The number of halogens is 1. The first-order valence-corrected chi connectivity index (χ1v) is 9.00. The number of esters is 1. The van der Waals surface area contributed by atoms with Gasteiger partial charge in [-0.1, -0.05) is 32.0 Å². The standard InChI is InChI=1S/C19H25N3O2S.HI/c1-19(2,16-6-5-11-25-16)13-22-18(20-3)21-12-14-7-9-15(10-8-14)17(23)24-4;/h5-11H,12-13H2,1-4H3,(H2,20,21,22);1H. The van der Waals surface area contributed by atoms with Gasteiger partial charge in [0.1, 0.15) is 0 Å². The van der Waals surface area contributed by atoms with Gasteiger partial charge in [0.2, 0.25) is 0 Å². The maximum atomic E-state index is 11.4. The van der Waals surface area contributed by atoms with E-state index in [4.69, 9.17) is 4.74 Å². The Labute approximate surface area is 176 Å². The molecule has 5 nitrogen and oxygen atoms in total. The summed E-state index contributed by atoms with van der Waals surface area (Å²) in [5.74, 6) is 0.425. The summed E-state index contributed by atoms with van der Waals surface area (Å²) in [6.45, 7) is 5.84. The van der Waals surface area contributed by atoms with Crippen LogP contribution in [0.1, 0.15) is 34.6 Å². The Balaban J connectivity index is 0.00000338. The maximum absolute atomic E-state index is 11.4. The number of nitrogens with zero attached hydrogens (tertiary/aromatic N) is 1. The van der Waals surface area contributed by atoms with E-state index in [1.807, 2.05) is 12.1 Å². The van der Waals surface area contributed by atoms with Crippen LogP contribution in [0.5, 0.6) is 0 Å². The van der Waals surface area contributed by atoms with Crippen LogP contribution in [-0.2, 0) is 16.7 Å². The van der Waals surface area contributed by atoms with E-state index in [0.29, 0.717) is 12.1 Å². The number of hydrogen-bond acceptors (Lipinski definition) is 4. The highest BCUT2D eigenvalue weighted by Crippen LogP contribution is 2.26. The number of nitrogens with one attached hydrogen (secondary N) is 2. The van der Waals surface area contributed by atoms with Crippen LogP contribution in [-0.4, -0.2) is 32.6 Å². The third-order valence-corrected chi connectivity index (χ3v) is 5.18. The van der Waals surface area contributed by atoms with E-state index in [-0.39, 0.29) is 35.4 Å². The molecule has 0 aliphatic rings. The molecule has 0 amide bonds. The zero-order valence-corrected chi connectivity index (χ0v) is 18.7. The van der Waals surface area contributed by atoms with E-state index in [9.17, 15) is 4.79 Å². The van der Waals surface area contributed by atoms with E-state index >= 15 is 0 Å². The molecule has 0 aliphatic heterocycles. The van der Waals surface area contributed by atoms with Gasteiger partial charge in [0.15, 0.2) is 5.96 Å². The summed E-state index contributed by atoms with van der Waals surface area (Å²) in [5.41, 5.74) is 1.65. The number of thiophene rings is 1. The van der Waals surface area contributed by atoms with Crippen molar-refractivity contribution in [1.29, 1.82) is 0 Å². The Kier molecular flexibility index (Phi) is 9.07. The Morgan fingerprint density at radius 2 is 1.88 bits per heavy atom. The minimum Gasteiger partial charge on any atom is -0.465 e. The molecule has 2 rings (SSSR count). The smallest absolute Gasteiger partial charge is 0.337 e. The average Bonchev–Trinajstić information content (AvgIpc) is 3.17. The Morgan fingerprint density at radius 1 is 1.19 bits per heavy atom. The second-order valence-corrected chi connectivity index (χ2v) is 7.28. The van der Waals surface area contributed by atoms with E-state index in [1.165, 1.54) is 12.0 Å². The highest BCUT2D eigenvalue weighted by Gasteiger charge is 2.21. The minimum absolute atomic E-state index is 0. The first-order valence-electron chi connectivity index (χ1n) is 8.12. The molecular formula is C19H26IN3O2S. The number of methoxy groups -OCH3 is 1. The van der Waals surface area contributed by atoms with Gasteiger partial charge in [-0.15, -0.1) is 35.3 Å². The van der Waals surface area contributed by atoms with Crippen LogP contribution >= 0.6 is 35.3 Å². The Hall–Kier alpha value is -1.61. The van der Waals surface area contributed by atoms with E-state index < -0.39 is 0 Å². The van der Waals surface area contributed by atoms with Crippen molar-refractivity contribution in [2.24, 2.45) is 4.99 Å². The van der Waals surface area contributed by atoms with Gasteiger partial charge in [-0.25, -0.2) is 4.79 Å². The van der Waals surface area contributed by atoms with Gasteiger partial charge in [0.05, 0.1) is 12.7 Å². The summed E-state index contributed by atoms with van der Waals surface area (Å²) in [7, 11) is 3.14. The number of guanidine groups is 1. The molecule has 0 unspecified atom stereocenters. The number of hydrogen-bond donors (Lipinski definition) is 2. The van der Waals surface area contributed by atoms with E-state index in [0.717, 1.165) is 18.1 Å². The Bertz CT molecular complexity index is 713. The van der Waals surface area contributed by atoms with Crippen LogP contribution in [0.15, 0.2) is 46.8 Å². The van der Waals surface area contributed by atoms with E-state index in [1.54, 1.807) is 30.5 Å². The van der Waals surface area contributed by atoms with Crippen molar-refractivity contribution in [3.63, 3.8) is 0 Å². The second-order valence-electron chi connectivity index (χ2n) is 6.33. The number of carbonyl (C=O) groups is 1. The zero-order valence-electron chi connectivity index (χ0n) is 15.5. The molecule has 1 heterocycles. The first kappa shape index (κ1) is 22.4. The minimum atomic E-state index is -0.326. The number of benzene rings is 1. The lowest BCUT2D eigenvalue weighted by Crippen LogP contribution is -2.42.